The third-order valence-electron chi connectivity index (χ3n) is 2.57. The molecule has 2 aromatic rings. The van der Waals surface area contributed by atoms with Gasteiger partial charge in [0.15, 0.2) is 0 Å². The van der Waals surface area contributed by atoms with E-state index in [0.29, 0.717) is 16.9 Å². The van der Waals surface area contributed by atoms with Crippen LogP contribution >= 0.6 is 0 Å². The van der Waals surface area contributed by atoms with Gasteiger partial charge in [-0.3, -0.25) is 0 Å². The summed E-state index contributed by atoms with van der Waals surface area (Å²) in [6.45, 7) is 0. The van der Waals surface area contributed by atoms with Gasteiger partial charge in [0.05, 0.1) is 16.9 Å². The molecule has 0 aliphatic carbocycles. The molecule has 0 atom stereocenters. The zero-order valence-electron chi connectivity index (χ0n) is 9.05. The molecule has 4 nitrogen and oxygen atoms in total. The molecule has 0 aromatic heterocycles. The second-order valence-corrected chi connectivity index (χ2v) is 3.66. The Morgan fingerprint density at radius 3 is 2.24 bits per heavy atom. The summed E-state index contributed by atoms with van der Waals surface area (Å²) in [7, 11) is 0. The van der Waals surface area contributed by atoms with E-state index in [4.69, 9.17) is 16.6 Å². The van der Waals surface area contributed by atoms with Gasteiger partial charge in [0.25, 0.3) is 0 Å². The molecule has 2 rings (SSSR count). The molecule has 4 heteroatoms. The lowest BCUT2D eigenvalue weighted by Gasteiger charge is -2.11. The topological polar surface area (TPSA) is 89.3 Å². The van der Waals surface area contributed by atoms with Crippen LogP contribution in [-0.2, 0) is 0 Å². The number of rotatable bonds is 2. The van der Waals surface area contributed by atoms with E-state index in [2.05, 4.69) is 0 Å². The number of anilines is 2. The molecule has 0 radical (unpaired) electrons. The molecule has 0 heterocycles. The van der Waals surface area contributed by atoms with Crippen molar-refractivity contribution >= 4 is 17.3 Å². The predicted octanol–water partition coefficient (Wildman–Crippen LogP) is 2.22. The fourth-order valence-electron chi connectivity index (χ4n) is 1.73. The molecule has 0 saturated carbocycles. The number of benzene rings is 2. The molecule has 0 bridgehead atoms. The second-order valence-electron chi connectivity index (χ2n) is 3.66. The number of hydrogen-bond acceptors (Lipinski definition) is 3. The van der Waals surface area contributed by atoms with Crippen LogP contribution < -0.4 is 11.5 Å². The summed E-state index contributed by atoms with van der Waals surface area (Å²) in [6, 6.07) is 12.1. The summed E-state index contributed by atoms with van der Waals surface area (Å²) >= 11 is 0. The van der Waals surface area contributed by atoms with E-state index < -0.39 is 5.97 Å². The van der Waals surface area contributed by atoms with E-state index in [-0.39, 0.29) is 5.56 Å². The van der Waals surface area contributed by atoms with Crippen LogP contribution in [0, 0.1) is 0 Å². The zero-order valence-corrected chi connectivity index (χ0v) is 9.05. The smallest absolute Gasteiger partial charge is 0.336 e. The van der Waals surface area contributed by atoms with Gasteiger partial charge in [-0.05, 0) is 17.7 Å². The fraction of sp³-hybridized carbons (Fsp3) is 0. The summed E-state index contributed by atoms with van der Waals surface area (Å²) < 4.78 is 0. The average molecular weight is 228 g/mol. The Balaban J connectivity index is 2.74. The normalized spacial score (nSPS) is 10.1. The van der Waals surface area contributed by atoms with E-state index in [0.717, 1.165) is 5.56 Å². The Morgan fingerprint density at radius 2 is 1.65 bits per heavy atom. The van der Waals surface area contributed by atoms with E-state index in [1.807, 2.05) is 18.2 Å². The molecule has 0 unspecified atom stereocenters. The zero-order chi connectivity index (χ0) is 12.4. The Hall–Kier alpha value is -2.49. The summed E-state index contributed by atoms with van der Waals surface area (Å²) in [5, 5.41) is 9.15. The molecule has 5 N–H and O–H groups in total. The second kappa shape index (κ2) is 4.17. The average Bonchev–Trinajstić information content (AvgIpc) is 2.33. The maximum absolute atomic E-state index is 11.2. The van der Waals surface area contributed by atoms with Gasteiger partial charge < -0.3 is 16.6 Å². The first-order valence-electron chi connectivity index (χ1n) is 5.08. The molecule has 17 heavy (non-hydrogen) atoms. The van der Waals surface area contributed by atoms with Crippen LogP contribution in [0.4, 0.5) is 11.4 Å². The molecule has 0 aliphatic heterocycles. The van der Waals surface area contributed by atoms with E-state index in [1.165, 1.54) is 12.1 Å². The minimum atomic E-state index is -1.02. The highest BCUT2D eigenvalue weighted by Gasteiger charge is 2.16. The minimum absolute atomic E-state index is 0.155. The number of nitrogen functional groups attached to an aromatic ring is 2. The SMILES string of the molecule is Nc1ccc(C(=O)O)c(-c2ccccc2)c1N. The first-order valence-corrected chi connectivity index (χ1v) is 5.08. The highest BCUT2D eigenvalue weighted by atomic mass is 16.4. The van der Waals surface area contributed by atoms with Gasteiger partial charge in [-0.2, -0.15) is 0 Å². The maximum Gasteiger partial charge on any atom is 0.336 e. The van der Waals surface area contributed by atoms with Crippen molar-refractivity contribution in [3.05, 3.63) is 48.0 Å². The quantitative estimate of drug-likeness (QED) is 0.687. The van der Waals surface area contributed by atoms with Crippen molar-refractivity contribution in [1.29, 1.82) is 0 Å². The molecule has 0 amide bonds. The van der Waals surface area contributed by atoms with Gasteiger partial charge in [0.1, 0.15) is 0 Å². The molecule has 0 spiro atoms. The number of carboxylic acids is 1. The largest absolute Gasteiger partial charge is 0.478 e. The van der Waals surface area contributed by atoms with Crippen LogP contribution in [-0.4, -0.2) is 11.1 Å². The van der Waals surface area contributed by atoms with Gasteiger partial charge >= 0.3 is 5.97 Å². The van der Waals surface area contributed by atoms with Gasteiger partial charge in [0.2, 0.25) is 0 Å². The van der Waals surface area contributed by atoms with Crippen molar-refractivity contribution in [1.82, 2.24) is 0 Å². The van der Waals surface area contributed by atoms with Crippen molar-refractivity contribution in [3.63, 3.8) is 0 Å². The fourth-order valence-corrected chi connectivity index (χ4v) is 1.73. The van der Waals surface area contributed by atoms with Gasteiger partial charge in [-0.25, -0.2) is 4.79 Å². The monoisotopic (exact) mass is 228 g/mol. The van der Waals surface area contributed by atoms with Crippen LogP contribution in [0.15, 0.2) is 42.5 Å². The van der Waals surface area contributed by atoms with Crippen LogP contribution in [0.1, 0.15) is 10.4 Å². The number of hydrogen-bond donors (Lipinski definition) is 3. The van der Waals surface area contributed by atoms with Crippen molar-refractivity contribution < 1.29 is 9.90 Å². The Kier molecular flexibility index (Phi) is 2.70. The van der Waals surface area contributed by atoms with Crippen molar-refractivity contribution in [2.45, 2.75) is 0 Å². The Morgan fingerprint density at radius 1 is 1.00 bits per heavy atom. The van der Waals surface area contributed by atoms with Crippen LogP contribution in [0.2, 0.25) is 0 Å². The molecule has 2 aromatic carbocycles. The third kappa shape index (κ3) is 1.92. The summed E-state index contributed by atoms with van der Waals surface area (Å²) in [4.78, 5) is 11.2. The van der Waals surface area contributed by atoms with Crippen molar-refractivity contribution in [3.8, 4) is 11.1 Å². The molecule has 86 valence electrons. The molecule has 0 aliphatic rings. The van der Waals surface area contributed by atoms with Gasteiger partial charge in [0, 0.05) is 5.56 Å². The van der Waals surface area contributed by atoms with Crippen molar-refractivity contribution in [2.75, 3.05) is 11.5 Å². The summed E-state index contributed by atoms with van der Waals surface area (Å²) in [5.74, 6) is -1.02. The van der Waals surface area contributed by atoms with E-state index in [9.17, 15) is 4.79 Å². The lowest BCUT2D eigenvalue weighted by Crippen LogP contribution is -2.05. The number of nitrogens with two attached hydrogens (primary N) is 2. The first kappa shape index (κ1) is 11.0. The van der Waals surface area contributed by atoms with E-state index in [1.54, 1.807) is 12.1 Å². The predicted molar refractivity (Wildman–Crippen MR) is 67.7 cm³/mol. The Bertz CT molecular complexity index is 565. The number of aromatic carboxylic acids is 1. The first-order chi connectivity index (χ1) is 8.11. The molecule has 0 saturated heterocycles. The lowest BCUT2D eigenvalue weighted by atomic mass is 9.97. The molecule has 0 fully saturated rings. The summed E-state index contributed by atoms with van der Waals surface area (Å²) in [5.41, 5.74) is 13.6. The Labute approximate surface area is 98.5 Å². The molecular weight excluding hydrogens is 216 g/mol. The van der Waals surface area contributed by atoms with Crippen LogP contribution in [0.5, 0.6) is 0 Å². The number of carboxylic acid groups (broad SMARTS) is 1. The van der Waals surface area contributed by atoms with Gasteiger partial charge in [-0.15, -0.1) is 0 Å². The van der Waals surface area contributed by atoms with E-state index >= 15 is 0 Å². The van der Waals surface area contributed by atoms with Crippen molar-refractivity contribution in [2.24, 2.45) is 0 Å². The van der Waals surface area contributed by atoms with Gasteiger partial charge in [-0.1, -0.05) is 30.3 Å². The maximum atomic E-state index is 11.2. The van der Waals surface area contributed by atoms with Crippen LogP contribution in [0.25, 0.3) is 11.1 Å². The molecular formula is C13H12N2O2. The van der Waals surface area contributed by atoms with Crippen LogP contribution in [0.3, 0.4) is 0 Å². The highest BCUT2D eigenvalue weighted by molar-refractivity contribution is 6.02. The number of carbonyl (C=O) groups is 1. The third-order valence-corrected chi connectivity index (χ3v) is 2.57. The standard InChI is InChI=1S/C13H12N2O2/c14-10-7-6-9(13(16)17)11(12(10)15)8-4-2-1-3-5-8/h1-7H,14-15H2,(H,16,17). The summed E-state index contributed by atoms with van der Waals surface area (Å²) in [6.07, 6.45) is 0. The minimum Gasteiger partial charge on any atom is -0.478 e. The lowest BCUT2D eigenvalue weighted by molar-refractivity contribution is 0.0698. The highest BCUT2D eigenvalue weighted by Crippen LogP contribution is 2.33.